The van der Waals surface area contributed by atoms with E-state index >= 15 is 0 Å². The SMILES string of the molecule is COC(=O)C1(c2ccncc2)CCCN1. The Hall–Kier alpha value is -1.42. The summed E-state index contributed by atoms with van der Waals surface area (Å²) in [4.78, 5) is 15.8. The van der Waals surface area contributed by atoms with Crippen molar-refractivity contribution in [1.82, 2.24) is 10.3 Å². The molecule has 1 unspecified atom stereocenters. The molecule has 1 aliphatic rings. The molecule has 0 aliphatic carbocycles. The van der Waals surface area contributed by atoms with Gasteiger partial charge in [-0.1, -0.05) is 0 Å². The number of rotatable bonds is 2. The Labute approximate surface area is 88.7 Å². The monoisotopic (exact) mass is 206 g/mol. The Bertz CT molecular complexity index is 345. The van der Waals surface area contributed by atoms with Crippen molar-refractivity contribution < 1.29 is 9.53 Å². The number of pyridine rings is 1. The predicted molar refractivity (Wildman–Crippen MR) is 55.2 cm³/mol. The van der Waals surface area contributed by atoms with E-state index in [0.29, 0.717) is 0 Å². The standard InChI is InChI=1S/C11H14N2O2/c1-15-10(14)11(5-2-6-13-11)9-3-7-12-8-4-9/h3-4,7-8,13H,2,5-6H2,1H3. The summed E-state index contributed by atoms with van der Waals surface area (Å²) in [6.45, 7) is 0.845. The molecule has 1 atom stereocenters. The molecule has 1 saturated heterocycles. The zero-order valence-corrected chi connectivity index (χ0v) is 8.69. The summed E-state index contributed by atoms with van der Waals surface area (Å²) in [6.07, 6.45) is 5.15. The Balaban J connectivity index is 2.39. The molecule has 0 spiro atoms. The molecule has 1 fully saturated rings. The van der Waals surface area contributed by atoms with Crippen LogP contribution in [0, 0.1) is 0 Å². The van der Waals surface area contributed by atoms with Gasteiger partial charge in [-0.25, -0.2) is 4.79 Å². The second-order valence-electron chi connectivity index (χ2n) is 3.66. The van der Waals surface area contributed by atoms with Crippen molar-refractivity contribution in [3.05, 3.63) is 30.1 Å². The van der Waals surface area contributed by atoms with Crippen LogP contribution in [0.15, 0.2) is 24.5 Å². The zero-order chi connectivity index (χ0) is 10.7. The highest BCUT2D eigenvalue weighted by Gasteiger charge is 2.43. The van der Waals surface area contributed by atoms with Gasteiger partial charge in [0.1, 0.15) is 5.54 Å². The van der Waals surface area contributed by atoms with E-state index in [1.807, 2.05) is 12.1 Å². The number of hydrogen-bond acceptors (Lipinski definition) is 4. The van der Waals surface area contributed by atoms with Crippen molar-refractivity contribution in [3.63, 3.8) is 0 Å². The summed E-state index contributed by atoms with van der Waals surface area (Å²) in [6, 6.07) is 3.71. The van der Waals surface area contributed by atoms with E-state index in [1.54, 1.807) is 12.4 Å². The molecule has 0 bridgehead atoms. The van der Waals surface area contributed by atoms with E-state index in [1.165, 1.54) is 7.11 Å². The molecular formula is C11H14N2O2. The number of aromatic nitrogens is 1. The van der Waals surface area contributed by atoms with Crippen molar-refractivity contribution >= 4 is 5.97 Å². The molecule has 2 rings (SSSR count). The second-order valence-corrected chi connectivity index (χ2v) is 3.66. The van der Waals surface area contributed by atoms with Crippen molar-refractivity contribution in [2.75, 3.05) is 13.7 Å². The molecule has 15 heavy (non-hydrogen) atoms. The summed E-state index contributed by atoms with van der Waals surface area (Å²) in [7, 11) is 1.42. The normalized spacial score (nSPS) is 25.1. The van der Waals surface area contributed by atoms with Gasteiger partial charge in [-0.05, 0) is 37.1 Å². The Morgan fingerprint density at radius 2 is 2.27 bits per heavy atom. The number of carbonyl (C=O) groups excluding carboxylic acids is 1. The lowest BCUT2D eigenvalue weighted by Gasteiger charge is -2.26. The van der Waals surface area contributed by atoms with Crippen LogP contribution in [0.5, 0.6) is 0 Å². The lowest BCUT2D eigenvalue weighted by atomic mass is 9.89. The van der Waals surface area contributed by atoms with Crippen molar-refractivity contribution in [2.45, 2.75) is 18.4 Å². The number of carbonyl (C=O) groups is 1. The molecule has 4 heteroatoms. The molecule has 0 amide bonds. The van der Waals surface area contributed by atoms with Gasteiger partial charge in [0.25, 0.3) is 0 Å². The largest absolute Gasteiger partial charge is 0.467 e. The molecule has 0 radical (unpaired) electrons. The van der Waals surface area contributed by atoms with Crippen LogP contribution in [0.1, 0.15) is 18.4 Å². The third-order valence-electron chi connectivity index (χ3n) is 2.86. The van der Waals surface area contributed by atoms with Crippen LogP contribution in [-0.4, -0.2) is 24.6 Å². The molecular weight excluding hydrogens is 192 g/mol. The van der Waals surface area contributed by atoms with Crippen LogP contribution < -0.4 is 5.32 Å². The minimum atomic E-state index is -0.655. The van der Waals surface area contributed by atoms with Crippen LogP contribution in [0.25, 0.3) is 0 Å². The van der Waals surface area contributed by atoms with E-state index in [2.05, 4.69) is 10.3 Å². The lowest BCUT2D eigenvalue weighted by Crippen LogP contribution is -2.45. The molecule has 1 aliphatic heterocycles. The van der Waals surface area contributed by atoms with Gasteiger partial charge in [0.05, 0.1) is 7.11 Å². The Morgan fingerprint density at radius 3 is 2.80 bits per heavy atom. The van der Waals surface area contributed by atoms with Crippen molar-refractivity contribution in [1.29, 1.82) is 0 Å². The van der Waals surface area contributed by atoms with Gasteiger partial charge in [-0.3, -0.25) is 10.3 Å². The Morgan fingerprint density at radius 1 is 1.53 bits per heavy atom. The van der Waals surface area contributed by atoms with Crippen LogP contribution in [0.2, 0.25) is 0 Å². The summed E-state index contributed by atoms with van der Waals surface area (Å²) in [5, 5.41) is 3.23. The highest BCUT2D eigenvalue weighted by Crippen LogP contribution is 2.31. The molecule has 1 N–H and O–H groups in total. The number of hydrogen-bond donors (Lipinski definition) is 1. The van der Waals surface area contributed by atoms with Crippen molar-refractivity contribution in [3.8, 4) is 0 Å². The maximum atomic E-state index is 11.8. The first-order valence-electron chi connectivity index (χ1n) is 5.03. The average molecular weight is 206 g/mol. The number of esters is 1. The number of ether oxygens (including phenoxy) is 1. The maximum absolute atomic E-state index is 11.8. The number of methoxy groups -OCH3 is 1. The number of nitrogens with zero attached hydrogens (tertiary/aromatic N) is 1. The minimum Gasteiger partial charge on any atom is -0.467 e. The van der Waals surface area contributed by atoms with Crippen LogP contribution in [0.4, 0.5) is 0 Å². The first-order chi connectivity index (χ1) is 7.29. The molecule has 4 nitrogen and oxygen atoms in total. The van der Waals surface area contributed by atoms with E-state index < -0.39 is 5.54 Å². The lowest BCUT2D eigenvalue weighted by molar-refractivity contribution is -0.148. The summed E-state index contributed by atoms with van der Waals surface area (Å²) < 4.78 is 4.87. The van der Waals surface area contributed by atoms with Gasteiger partial charge in [-0.2, -0.15) is 0 Å². The maximum Gasteiger partial charge on any atom is 0.330 e. The van der Waals surface area contributed by atoms with E-state index in [-0.39, 0.29) is 5.97 Å². The molecule has 0 aromatic carbocycles. The van der Waals surface area contributed by atoms with Crippen LogP contribution >= 0.6 is 0 Å². The van der Waals surface area contributed by atoms with Gasteiger partial charge in [0.15, 0.2) is 0 Å². The quantitative estimate of drug-likeness (QED) is 0.728. The smallest absolute Gasteiger partial charge is 0.330 e. The van der Waals surface area contributed by atoms with E-state index in [9.17, 15) is 4.79 Å². The first kappa shape index (κ1) is 10.1. The number of nitrogens with one attached hydrogen (secondary N) is 1. The zero-order valence-electron chi connectivity index (χ0n) is 8.69. The fourth-order valence-electron chi connectivity index (χ4n) is 2.09. The Kier molecular flexibility index (Phi) is 2.68. The predicted octanol–water partition coefficient (Wildman–Crippen LogP) is 0.833. The molecule has 80 valence electrons. The van der Waals surface area contributed by atoms with Gasteiger partial charge in [0.2, 0.25) is 0 Å². The minimum absolute atomic E-state index is 0.216. The van der Waals surface area contributed by atoms with Crippen LogP contribution in [0.3, 0.4) is 0 Å². The van der Waals surface area contributed by atoms with Crippen molar-refractivity contribution in [2.24, 2.45) is 0 Å². The fourth-order valence-corrected chi connectivity index (χ4v) is 2.09. The highest BCUT2D eigenvalue weighted by molar-refractivity contribution is 5.82. The van der Waals surface area contributed by atoms with Gasteiger partial charge >= 0.3 is 5.97 Å². The third kappa shape index (κ3) is 1.61. The fraction of sp³-hybridized carbons (Fsp3) is 0.455. The summed E-state index contributed by atoms with van der Waals surface area (Å²) in [5.74, 6) is -0.216. The second kappa shape index (κ2) is 3.98. The third-order valence-corrected chi connectivity index (χ3v) is 2.86. The van der Waals surface area contributed by atoms with Gasteiger partial charge in [0, 0.05) is 12.4 Å². The van der Waals surface area contributed by atoms with E-state index in [4.69, 9.17) is 4.74 Å². The molecule has 2 heterocycles. The molecule has 1 aromatic rings. The van der Waals surface area contributed by atoms with Gasteiger partial charge < -0.3 is 4.74 Å². The highest BCUT2D eigenvalue weighted by atomic mass is 16.5. The van der Waals surface area contributed by atoms with Gasteiger partial charge in [-0.15, -0.1) is 0 Å². The summed E-state index contributed by atoms with van der Waals surface area (Å²) in [5.41, 5.74) is 0.277. The van der Waals surface area contributed by atoms with Crippen LogP contribution in [-0.2, 0) is 15.1 Å². The molecule has 0 saturated carbocycles. The summed E-state index contributed by atoms with van der Waals surface area (Å²) >= 11 is 0. The average Bonchev–Trinajstić information content (AvgIpc) is 2.79. The molecule has 1 aromatic heterocycles. The first-order valence-corrected chi connectivity index (χ1v) is 5.03. The topological polar surface area (TPSA) is 51.2 Å². The van der Waals surface area contributed by atoms with E-state index in [0.717, 1.165) is 24.9 Å².